The first kappa shape index (κ1) is 12.4. The summed E-state index contributed by atoms with van der Waals surface area (Å²) in [4.78, 5) is 10.6. The van der Waals surface area contributed by atoms with E-state index < -0.39 is 27.2 Å². The maximum Gasteiger partial charge on any atom is 0.219 e. The summed E-state index contributed by atoms with van der Waals surface area (Å²) < 4.78 is 25.9. The van der Waals surface area contributed by atoms with Gasteiger partial charge in [0.1, 0.15) is 0 Å². The minimum absolute atomic E-state index is 0.0272. The van der Waals surface area contributed by atoms with E-state index in [4.69, 9.17) is 5.73 Å². The van der Waals surface area contributed by atoms with E-state index in [9.17, 15) is 13.2 Å². The molecule has 1 aliphatic rings. The van der Waals surface area contributed by atoms with Crippen LogP contribution >= 0.6 is 0 Å². The third-order valence-electron chi connectivity index (χ3n) is 2.33. The topological polar surface area (TPSA) is 101 Å². The summed E-state index contributed by atoms with van der Waals surface area (Å²) in [6, 6.07) is -0.437. The van der Waals surface area contributed by atoms with Crippen molar-refractivity contribution in [2.45, 2.75) is 31.1 Å². The average molecular weight is 235 g/mol. The van der Waals surface area contributed by atoms with Crippen molar-refractivity contribution in [3.05, 3.63) is 0 Å². The molecule has 1 rings (SSSR count). The SMILES string of the molecule is CC(CC(N)=O)NS(=O)(=O)C1CCNC1. The first-order chi connectivity index (χ1) is 6.92. The lowest BCUT2D eigenvalue weighted by atomic mass is 10.2. The van der Waals surface area contributed by atoms with Gasteiger partial charge in [0.2, 0.25) is 15.9 Å². The number of nitrogens with one attached hydrogen (secondary N) is 2. The third kappa shape index (κ3) is 3.77. The van der Waals surface area contributed by atoms with Crippen LogP contribution in [0.5, 0.6) is 0 Å². The fourth-order valence-corrected chi connectivity index (χ4v) is 3.22. The minimum Gasteiger partial charge on any atom is -0.370 e. The van der Waals surface area contributed by atoms with Gasteiger partial charge in [0.15, 0.2) is 0 Å². The summed E-state index contributed by atoms with van der Waals surface area (Å²) in [5, 5.41) is 2.59. The van der Waals surface area contributed by atoms with Gasteiger partial charge < -0.3 is 11.1 Å². The number of carbonyl (C=O) groups is 1. The van der Waals surface area contributed by atoms with E-state index in [-0.39, 0.29) is 6.42 Å². The highest BCUT2D eigenvalue weighted by atomic mass is 32.2. The fraction of sp³-hybridized carbons (Fsp3) is 0.875. The maximum atomic E-state index is 11.7. The summed E-state index contributed by atoms with van der Waals surface area (Å²) in [6.07, 6.45) is 0.637. The summed E-state index contributed by atoms with van der Waals surface area (Å²) >= 11 is 0. The molecule has 1 aliphatic heterocycles. The molecular formula is C8H17N3O3S. The number of nitrogens with two attached hydrogens (primary N) is 1. The zero-order chi connectivity index (χ0) is 11.5. The van der Waals surface area contributed by atoms with E-state index in [1.54, 1.807) is 6.92 Å². The van der Waals surface area contributed by atoms with Gasteiger partial charge in [-0.2, -0.15) is 0 Å². The highest BCUT2D eigenvalue weighted by molar-refractivity contribution is 7.90. The number of primary amides is 1. The molecule has 4 N–H and O–H groups in total. The van der Waals surface area contributed by atoms with Gasteiger partial charge in [0.05, 0.1) is 5.25 Å². The first-order valence-electron chi connectivity index (χ1n) is 4.92. The summed E-state index contributed by atoms with van der Waals surface area (Å²) in [7, 11) is -3.33. The molecule has 1 amide bonds. The van der Waals surface area contributed by atoms with Crippen molar-refractivity contribution in [3.63, 3.8) is 0 Å². The summed E-state index contributed by atoms with van der Waals surface area (Å²) in [5.41, 5.74) is 4.98. The Morgan fingerprint density at radius 3 is 2.80 bits per heavy atom. The normalized spacial score (nSPS) is 23.9. The Balaban J connectivity index is 2.51. The highest BCUT2D eigenvalue weighted by Gasteiger charge is 2.29. The van der Waals surface area contributed by atoms with Gasteiger partial charge in [0.25, 0.3) is 0 Å². The molecule has 6 nitrogen and oxygen atoms in total. The average Bonchev–Trinajstić information content (AvgIpc) is 2.51. The van der Waals surface area contributed by atoms with Gasteiger partial charge >= 0.3 is 0 Å². The lowest BCUT2D eigenvalue weighted by molar-refractivity contribution is -0.118. The Labute approximate surface area is 89.6 Å². The van der Waals surface area contributed by atoms with Crippen LogP contribution in [0.15, 0.2) is 0 Å². The van der Waals surface area contributed by atoms with Crippen molar-refractivity contribution in [2.75, 3.05) is 13.1 Å². The van der Waals surface area contributed by atoms with E-state index in [1.165, 1.54) is 0 Å². The second-order valence-corrected chi connectivity index (χ2v) is 5.84. The Morgan fingerprint density at radius 1 is 1.67 bits per heavy atom. The second-order valence-electron chi connectivity index (χ2n) is 3.85. The van der Waals surface area contributed by atoms with Crippen molar-refractivity contribution in [3.8, 4) is 0 Å². The molecule has 0 aromatic rings. The van der Waals surface area contributed by atoms with Crippen LogP contribution in [0.2, 0.25) is 0 Å². The van der Waals surface area contributed by atoms with Crippen LogP contribution in [0.4, 0.5) is 0 Å². The number of hydrogen-bond acceptors (Lipinski definition) is 4. The van der Waals surface area contributed by atoms with Crippen LogP contribution in [-0.4, -0.2) is 38.7 Å². The van der Waals surface area contributed by atoms with E-state index in [2.05, 4.69) is 10.0 Å². The van der Waals surface area contributed by atoms with Gasteiger partial charge in [-0.25, -0.2) is 13.1 Å². The van der Waals surface area contributed by atoms with Crippen LogP contribution in [0.25, 0.3) is 0 Å². The Hall–Kier alpha value is -0.660. The number of rotatable bonds is 5. The molecule has 0 aliphatic carbocycles. The molecular weight excluding hydrogens is 218 g/mol. The van der Waals surface area contributed by atoms with Crippen LogP contribution in [0.3, 0.4) is 0 Å². The number of sulfonamides is 1. The van der Waals surface area contributed by atoms with E-state index in [0.717, 1.165) is 6.54 Å². The monoisotopic (exact) mass is 235 g/mol. The Kier molecular flexibility index (Phi) is 4.06. The molecule has 88 valence electrons. The fourth-order valence-electron chi connectivity index (χ4n) is 1.61. The highest BCUT2D eigenvalue weighted by Crippen LogP contribution is 2.09. The molecule has 0 aromatic heterocycles. The van der Waals surface area contributed by atoms with Crippen molar-refractivity contribution in [1.82, 2.24) is 10.0 Å². The molecule has 7 heteroatoms. The molecule has 1 saturated heterocycles. The molecule has 1 heterocycles. The predicted molar refractivity (Wildman–Crippen MR) is 56.6 cm³/mol. The van der Waals surface area contributed by atoms with Crippen molar-refractivity contribution < 1.29 is 13.2 Å². The van der Waals surface area contributed by atoms with Crippen LogP contribution in [-0.2, 0) is 14.8 Å². The van der Waals surface area contributed by atoms with E-state index >= 15 is 0 Å². The number of amides is 1. The van der Waals surface area contributed by atoms with Gasteiger partial charge in [-0.05, 0) is 19.9 Å². The van der Waals surface area contributed by atoms with Gasteiger partial charge in [-0.3, -0.25) is 4.79 Å². The second kappa shape index (κ2) is 4.91. The van der Waals surface area contributed by atoms with Gasteiger partial charge in [0, 0.05) is 19.0 Å². The number of carbonyl (C=O) groups excluding carboxylic acids is 1. The Morgan fingerprint density at radius 2 is 2.33 bits per heavy atom. The molecule has 0 aromatic carbocycles. The summed E-state index contributed by atoms with van der Waals surface area (Å²) in [6.45, 7) is 2.82. The van der Waals surface area contributed by atoms with Gasteiger partial charge in [-0.15, -0.1) is 0 Å². The molecule has 1 fully saturated rings. The predicted octanol–water partition coefficient (Wildman–Crippen LogP) is -1.47. The lowest BCUT2D eigenvalue weighted by Crippen LogP contribution is -2.42. The smallest absolute Gasteiger partial charge is 0.219 e. The van der Waals surface area contributed by atoms with E-state index in [0.29, 0.717) is 13.0 Å². The summed E-state index contributed by atoms with van der Waals surface area (Å²) in [5.74, 6) is -0.505. The zero-order valence-corrected chi connectivity index (χ0v) is 9.51. The number of hydrogen-bond donors (Lipinski definition) is 3. The molecule has 0 bridgehead atoms. The first-order valence-corrected chi connectivity index (χ1v) is 6.46. The lowest BCUT2D eigenvalue weighted by Gasteiger charge is -2.16. The molecule has 0 saturated carbocycles. The van der Waals surface area contributed by atoms with E-state index in [1.807, 2.05) is 0 Å². The van der Waals surface area contributed by atoms with Crippen LogP contribution in [0, 0.1) is 0 Å². The maximum absolute atomic E-state index is 11.7. The third-order valence-corrected chi connectivity index (χ3v) is 4.34. The molecule has 0 radical (unpaired) electrons. The van der Waals surface area contributed by atoms with Crippen molar-refractivity contribution in [2.24, 2.45) is 5.73 Å². The van der Waals surface area contributed by atoms with Crippen molar-refractivity contribution in [1.29, 1.82) is 0 Å². The van der Waals surface area contributed by atoms with Crippen molar-refractivity contribution >= 4 is 15.9 Å². The largest absolute Gasteiger partial charge is 0.370 e. The van der Waals surface area contributed by atoms with Crippen LogP contribution in [0.1, 0.15) is 19.8 Å². The quantitative estimate of drug-likeness (QED) is 0.541. The molecule has 2 unspecified atom stereocenters. The van der Waals surface area contributed by atoms with Gasteiger partial charge in [-0.1, -0.05) is 0 Å². The van der Waals surface area contributed by atoms with Crippen LogP contribution < -0.4 is 15.8 Å². The zero-order valence-electron chi connectivity index (χ0n) is 8.69. The standard InChI is InChI=1S/C8H17N3O3S/c1-6(4-8(9)12)11-15(13,14)7-2-3-10-5-7/h6-7,10-11H,2-5H2,1H3,(H2,9,12). The molecule has 0 spiro atoms. The molecule has 2 atom stereocenters. The Bertz CT molecular complexity index is 322. The minimum atomic E-state index is -3.33. The molecule has 15 heavy (non-hydrogen) atoms.